The molecule has 2 amide bonds. The molecule has 0 unspecified atom stereocenters. The van der Waals surface area contributed by atoms with Crippen molar-refractivity contribution < 1.29 is 9.59 Å². The number of aromatic nitrogens is 3. The number of H-pyrrole nitrogens is 1. The van der Waals surface area contributed by atoms with Crippen LogP contribution in [-0.4, -0.2) is 56.1 Å². The second-order valence-corrected chi connectivity index (χ2v) is 12.0. The zero-order chi connectivity index (χ0) is 29.9. The van der Waals surface area contributed by atoms with Gasteiger partial charge in [0.15, 0.2) is 0 Å². The number of hydrogen-bond acceptors (Lipinski definition) is 5. The molecule has 220 valence electrons. The van der Waals surface area contributed by atoms with Crippen LogP contribution < -0.4 is 0 Å². The molecule has 4 aromatic rings. The Bertz CT molecular complexity index is 1690. The zero-order valence-electron chi connectivity index (χ0n) is 24.2. The summed E-state index contributed by atoms with van der Waals surface area (Å²) in [4.78, 5) is 35.6. The molecule has 2 aromatic carbocycles. The highest BCUT2D eigenvalue weighted by atomic mass is 35.5. The van der Waals surface area contributed by atoms with E-state index in [2.05, 4.69) is 28.2 Å². The Hall–Kier alpha value is -4.30. The van der Waals surface area contributed by atoms with Crippen LogP contribution in [-0.2, 0) is 29.1 Å². The molecule has 0 radical (unpaired) electrons. The normalized spacial score (nSPS) is 18.0. The number of carbonyl (C=O) groups is 2. The van der Waals surface area contributed by atoms with Gasteiger partial charge in [-0.15, -0.1) is 0 Å². The molecule has 0 spiro atoms. The molecule has 1 fully saturated rings. The summed E-state index contributed by atoms with van der Waals surface area (Å²) in [5, 5.41) is 16.4. The Morgan fingerprint density at radius 2 is 1.88 bits per heavy atom. The van der Waals surface area contributed by atoms with Crippen molar-refractivity contribution in [2.45, 2.75) is 45.7 Å². The molecule has 0 saturated carbocycles. The van der Waals surface area contributed by atoms with E-state index in [-0.39, 0.29) is 18.2 Å². The number of likely N-dealkylation sites (tertiary alicyclic amines) is 1. The summed E-state index contributed by atoms with van der Waals surface area (Å²) in [6, 6.07) is 13.7. The van der Waals surface area contributed by atoms with Gasteiger partial charge >= 0.3 is 0 Å². The average molecular weight is 595 g/mol. The summed E-state index contributed by atoms with van der Waals surface area (Å²) in [5.41, 5.74) is 6.99. The number of amides is 2. The number of pyridine rings is 1. The first-order valence-electron chi connectivity index (χ1n) is 14.8. The molecular formula is C34H35ClN6O2. The van der Waals surface area contributed by atoms with E-state index in [0.717, 1.165) is 51.6 Å². The fraction of sp³-hybridized carbons (Fsp3) is 0.324. The van der Waals surface area contributed by atoms with E-state index < -0.39 is 5.92 Å². The molecule has 1 atom stereocenters. The molecule has 9 heteroatoms. The second-order valence-electron chi connectivity index (χ2n) is 11.6. The van der Waals surface area contributed by atoms with Gasteiger partial charge in [0.2, 0.25) is 11.8 Å². The minimum absolute atomic E-state index is 0.0207. The Morgan fingerprint density at radius 1 is 1.14 bits per heavy atom. The number of nitrogens with one attached hydrogen (secondary N) is 2. The highest BCUT2D eigenvalue weighted by molar-refractivity contribution is 6.35. The van der Waals surface area contributed by atoms with Crippen LogP contribution in [0.2, 0.25) is 5.02 Å². The van der Waals surface area contributed by atoms with Crippen LogP contribution in [0.5, 0.6) is 0 Å². The van der Waals surface area contributed by atoms with Crippen molar-refractivity contribution in [3.63, 3.8) is 0 Å². The van der Waals surface area contributed by atoms with Gasteiger partial charge in [-0.05, 0) is 78.1 Å². The van der Waals surface area contributed by atoms with Crippen molar-refractivity contribution >= 4 is 46.6 Å². The molecule has 2 N–H and O–H groups in total. The van der Waals surface area contributed by atoms with E-state index in [0.29, 0.717) is 43.5 Å². The fourth-order valence-electron chi connectivity index (χ4n) is 6.49. The molecular weight excluding hydrogens is 560 g/mol. The second kappa shape index (κ2) is 12.5. The minimum Gasteiger partial charge on any atom is -0.343 e. The lowest BCUT2D eigenvalue weighted by Gasteiger charge is -2.33. The summed E-state index contributed by atoms with van der Waals surface area (Å²) in [6.07, 6.45) is 11.2. The highest BCUT2D eigenvalue weighted by Gasteiger charge is 2.34. The topological polar surface area (TPSA) is 106 Å². The summed E-state index contributed by atoms with van der Waals surface area (Å²) in [5.74, 6) is -0.0967. The molecule has 2 aliphatic rings. The van der Waals surface area contributed by atoms with Crippen molar-refractivity contribution in [1.29, 1.82) is 5.41 Å². The van der Waals surface area contributed by atoms with E-state index in [4.69, 9.17) is 17.0 Å². The Kier molecular flexibility index (Phi) is 8.38. The summed E-state index contributed by atoms with van der Waals surface area (Å²) >= 11 is 6.61. The van der Waals surface area contributed by atoms with E-state index in [1.54, 1.807) is 18.6 Å². The molecule has 6 rings (SSSR count). The molecule has 2 aliphatic heterocycles. The van der Waals surface area contributed by atoms with Gasteiger partial charge in [-0.25, -0.2) is 0 Å². The van der Waals surface area contributed by atoms with Crippen LogP contribution in [0.3, 0.4) is 0 Å². The van der Waals surface area contributed by atoms with Crippen LogP contribution in [0.4, 0.5) is 0 Å². The van der Waals surface area contributed by atoms with Gasteiger partial charge in [0.1, 0.15) is 0 Å². The van der Waals surface area contributed by atoms with E-state index >= 15 is 0 Å². The molecule has 4 heterocycles. The number of rotatable bonds is 7. The Morgan fingerprint density at radius 3 is 2.63 bits per heavy atom. The lowest BCUT2D eigenvalue weighted by Crippen LogP contribution is -2.42. The monoisotopic (exact) mass is 594 g/mol. The SMILES string of the molecule is C/C(=C\c1ccccc1C=N)C1CCN(C(=O)C[C@@H]2Cc3cc(Cl)c4[nH]ncc4c3CN(Cc3ccncc3)C2=O)CC1. The van der Waals surface area contributed by atoms with Gasteiger partial charge in [0.25, 0.3) is 0 Å². The lowest BCUT2D eigenvalue weighted by molar-refractivity contribution is -0.142. The predicted molar refractivity (Wildman–Crippen MR) is 169 cm³/mol. The first kappa shape index (κ1) is 28.8. The number of benzene rings is 2. The molecule has 0 aliphatic carbocycles. The smallest absolute Gasteiger partial charge is 0.227 e. The standard InChI is InChI=1S/C34H35ClN6O2/c1-22(14-25-4-2-3-5-26(25)18-36)24-8-12-40(13-9-24)32(42)17-28-15-27-16-31(35)33-29(19-38-39-33)30(27)21-41(34(28)43)20-23-6-10-37-11-7-23/h2-7,10-11,14,16,18-19,24,28,36H,8-9,12-13,15,17,20-21H2,1H3,(H,38,39)/b22-14+,36-18?/t28-/m0/s1. The fourth-order valence-corrected chi connectivity index (χ4v) is 6.77. The molecule has 1 saturated heterocycles. The third-order valence-electron chi connectivity index (χ3n) is 8.94. The Balaban J connectivity index is 1.18. The lowest BCUT2D eigenvalue weighted by atomic mass is 9.87. The van der Waals surface area contributed by atoms with Crippen molar-refractivity contribution in [2.24, 2.45) is 11.8 Å². The first-order chi connectivity index (χ1) is 20.9. The summed E-state index contributed by atoms with van der Waals surface area (Å²) < 4.78 is 0. The van der Waals surface area contributed by atoms with Crippen molar-refractivity contribution in [2.75, 3.05) is 13.1 Å². The van der Waals surface area contributed by atoms with E-state index in [1.807, 2.05) is 52.3 Å². The van der Waals surface area contributed by atoms with Crippen LogP contribution in [0.1, 0.15) is 54.0 Å². The van der Waals surface area contributed by atoms with Gasteiger partial charge in [-0.3, -0.25) is 19.7 Å². The number of piperidine rings is 1. The predicted octanol–water partition coefficient (Wildman–Crippen LogP) is 6.04. The minimum atomic E-state index is -0.479. The zero-order valence-corrected chi connectivity index (χ0v) is 25.0. The number of halogens is 1. The maximum atomic E-state index is 14.0. The van der Waals surface area contributed by atoms with Gasteiger partial charge in [-0.1, -0.05) is 47.5 Å². The van der Waals surface area contributed by atoms with Crippen LogP contribution in [0.25, 0.3) is 17.0 Å². The van der Waals surface area contributed by atoms with E-state index in [9.17, 15) is 9.59 Å². The quantitative estimate of drug-likeness (QED) is 0.254. The number of nitrogens with zero attached hydrogens (tertiary/aromatic N) is 4. The first-order valence-corrected chi connectivity index (χ1v) is 15.2. The van der Waals surface area contributed by atoms with Crippen LogP contribution in [0.15, 0.2) is 66.6 Å². The highest BCUT2D eigenvalue weighted by Crippen LogP contribution is 2.35. The number of allylic oxidation sites excluding steroid dienone is 1. The number of hydrogen-bond donors (Lipinski definition) is 2. The maximum absolute atomic E-state index is 14.0. The third kappa shape index (κ3) is 6.11. The van der Waals surface area contributed by atoms with Crippen molar-refractivity contribution in [1.82, 2.24) is 25.0 Å². The van der Waals surface area contributed by atoms with Crippen LogP contribution in [0, 0.1) is 17.2 Å². The molecule has 2 aromatic heterocycles. The number of carbonyl (C=O) groups excluding carboxylic acids is 2. The Labute approximate surface area is 256 Å². The summed E-state index contributed by atoms with van der Waals surface area (Å²) in [6.45, 7) is 4.34. The number of aromatic amines is 1. The van der Waals surface area contributed by atoms with Crippen LogP contribution >= 0.6 is 11.6 Å². The molecule has 8 nitrogen and oxygen atoms in total. The average Bonchev–Trinajstić information content (AvgIpc) is 3.49. The van der Waals surface area contributed by atoms with Crippen molar-refractivity contribution in [3.05, 3.63) is 99.5 Å². The third-order valence-corrected chi connectivity index (χ3v) is 9.24. The largest absolute Gasteiger partial charge is 0.343 e. The van der Waals surface area contributed by atoms with E-state index in [1.165, 1.54) is 11.8 Å². The molecule has 0 bridgehead atoms. The van der Waals surface area contributed by atoms with Crippen molar-refractivity contribution in [3.8, 4) is 0 Å². The molecule has 43 heavy (non-hydrogen) atoms. The maximum Gasteiger partial charge on any atom is 0.227 e. The van der Waals surface area contributed by atoms with Gasteiger partial charge in [-0.2, -0.15) is 5.10 Å². The van der Waals surface area contributed by atoms with Gasteiger partial charge < -0.3 is 15.2 Å². The van der Waals surface area contributed by atoms with Gasteiger partial charge in [0.05, 0.1) is 22.7 Å². The number of fused-ring (bicyclic) bond motifs is 3. The summed E-state index contributed by atoms with van der Waals surface area (Å²) in [7, 11) is 0. The van der Waals surface area contributed by atoms with Gasteiger partial charge in [0, 0.05) is 56.6 Å².